The van der Waals surface area contributed by atoms with Gasteiger partial charge in [0.15, 0.2) is 0 Å². The van der Waals surface area contributed by atoms with Crippen molar-refractivity contribution in [3.05, 3.63) is 75.6 Å². The molecule has 1 amide bonds. The molecule has 5 heteroatoms. The Morgan fingerprint density at radius 2 is 1.88 bits per heavy atom. The average Bonchev–Trinajstić information content (AvgIpc) is 2.63. The van der Waals surface area contributed by atoms with E-state index >= 15 is 0 Å². The maximum atomic E-state index is 12.2. The van der Waals surface area contributed by atoms with E-state index in [1.165, 1.54) is 5.56 Å². The summed E-state index contributed by atoms with van der Waals surface area (Å²) < 4.78 is 5.17. The normalized spacial score (nSPS) is 10.7. The van der Waals surface area contributed by atoms with Gasteiger partial charge in [0.25, 0.3) is 5.56 Å². The van der Waals surface area contributed by atoms with Crippen LogP contribution < -0.4 is 15.6 Å². The number of hydrogen-bond acceptors (Lipinski definition) is 3. The lowest BCUT2D eigenvalue weighted by atomic mass is 10.1. The molecule has 0 saturated carbocycles. The summed E-state index contributed by atoms with van der Waals surface area (Å²) in [6, 6.07) is 15.3. The van der Waals surface area contributed by atoms with Gasteiger partial charge >= 0.3 is 0 Å². The fourth-order valence-electron chi connectivity index (χ4n) is 2.83. The van der Waals surface area contributed by atoms with E-state index in [1.807, 2.05) is 49.4 Å². The fourth-order valence-corrected chi connectivity index (χ4v) is 2.83. The minimum atomic E-state index is -0.140. The minimum Gasteiger partial charge on any atom is -0.497 e. The van der Waals surface area contributed by atoms with E-state index in [-0.39, 0.29) is 11.5 Å². The van der Waals surface area contributed by atoms with E-state index in [4.69, 9.17) is 4.74 Å². The molecule has 0 aliphatic carbocycles. The van der Waals surface area contributed by atoms with Crippen molar-refractivity contribution in [2.45, 2.75) is 19.8 Å². The van der Waals surface area contributed by atoms with Gasteiger partial charge in [0, 0.05) is 18.2 Å². The van der Waals surface area contributed by atoms with Gasteiger partial charge in [0.2, 0.25) is 5.91 Å². The molecule has 3 aromatic rings. The van der Waals surface area contributed by atoms with Gasteiger partial charge in [-0.25, -0.2) is 0 Å². The number of H-pyrrole nitrogens is 1. The highest BCUT2D eigenvalue weighted by Crippen LogP contribution is 2.18. The van der Waals surface area contributed by atoms with Gasteiger partial charge in [-0.1, -0.05) is 29.8 Å². The Hall–Kier alpha value is -3.08. The minimum absolute atomic E-state index is 0.0455. The third-order valence-electron chi connectivity index (χ3n) is 4.33. The number of rotatable bonds is 6. The number of hydrogen-bond donors (Lipinski definition) is 2. The third-order valence-corrected chi connectivity index (χ3v) is 4.33. The Morgan fingerprint density at radius 1 is 1.12 bits per heavy atom. The van der Waals surface area contributed by atoms with E-state index in [1.54, 1.807) is 13.2 Å². The van der Waals surface area contributed by atoms with Crippen molar-refractivity contribution < 1.29 is 9.53 Å². The molecule has 0 unspecified atom stereocenters. The van der Waals surface area contributed by atoms with Crippen molar-refractivity contribution in [2.24, 2.45) is 0 Å². The predicted octanol–water partition coefficient (Wildman–Crippen LogP) is 2.75. The standard InChI is InChI=1S/C21H22N2O3/c1-14-3-5-15(6-4-14)11-20(24)22-10-9-17-12-16-7-8-18(26-2)13-19(16)23-21(17)25/h3-8,12-13H,9-11H2,1-2H3,(H,22,24)(H,23,25). The van der Waals surface area contributed by atoms with Gasteiger partial charge in [-0.05, 0) is 42.5 Å². The van der Waals surface area contributed by atoms with Gasteiger partial charge in [0.1, 0.15) is 5.75 Å². The molecule has 0 aliphatic heterocycles. The van der Waals surface area contributed by atoms with Crippen molar-refractivity contribution >= 4 is 16.8 Å². The lowest BCUT2D eigenvalue weighted by molar-refractivity contribution is -0.120. The number of carbonyl (C=O) groups excluding carboxylic acids is 1. The predicted molar refractivity (Wildman–Crippen MR) is 103 cm³/mol. The number of aryl methyl sites for hydroxylation is 1. The lowest BCUT2D eigenvalue weighted by Crippen LogP contribution is -2.28. The van der Waals surface area contributed by atoms with Crippen molar-refractivity contribution in [1.29, 1.82) is 0 Å². The second-order valence-electron chi connectivity index (χ2n) is 6.34. The highest BCUT2D eigenvalue weighted by atomic mass is 16.5. The van der Waals surface area contributed by atoms with E-state index in [9.17, 15) is 9.59 Å². The summed E-state index contributed by atoms with van der Waals surface area (Å²) in [6.45, 7) is 2.44. The van der Waals surface area contributed by atoms with Crippen LogP contribution in [0.3, 0.4) is 0 Å². The molecule has 3 rings (SSSR count). The zero-order valence-electron chi connectivity index (χ0n) is 15.0. The largest absolute Gasteiger partial charge is 0.497 e. The molecule has 0 fully saturated rings. The Balaban J connectivity index is 1.60. The number of amides is 1. The van der Waals surface area contributed by atoms with Crippen LogP contribution in [0.2, 0.25) is 0 Å². The van der Waals surface area contributed by atoms with Crippen molar-refractivity contribution in [3.63, 3.8) is 0 Å². The maximum Gasteiger partial charge on any atom is 0.251 e. The highest BCUT2D eigenvalue weighted by molar-refractivity contribution is 5.80. The van der Waals surface area contributed by atoms with Crippen molar-refractivity contribution in [2.75, 3.05) is 13.7 Å². The van der Waals surface area contributed by atoms with Crippen LogP contribution >= 0.6 is 0 Å². The second kappa shape index (κ2) is 7.87. The third kappa shape index (κ3) is 4.30. The fraction of sp³-hybridized carbons (Fsp3) is 0.238. The molecule has 0 spiro atoms. The molecule has 0 bridgehead atoms. The number of pyridine rings is 1. The maximum absolute atomic E-state index is 12.2. The van der Waals surface area contributed by atoms with Crippen LogP contribution in [0.1, 0.15) is 16.7 Å². The van der Waals surface area contributed by atoms with E-state index in [2.05, 4.69) is 10.3 Å². The van der Waals surface area contributed by atoms with Gasteiger partial charge < -0.3 is 15.0 Å². The molecule has 1 aromatic heterocycles. The van der Waals surface area contributed by atoms with E-state index in [0.717, 1.165) is 16.5 Å². The van der Waals surface area contributed by atoms with Gasteiger partial charge in [-0.2, -0.15) is 0 Å². The summed E-state index contributed by atoms with van der Waals surface area (Å²) in [7, 11) is 1.59. The second-order valence-corrected chi connectivity index (χ2v) is 6.34. The van der Waals surface area contributed by atoms with Gasteiger partial charge in [-0.15, -0.1) is 0 Å². The van der Waals surface area contributed by atoms with Crippen LogP contribution in [-0.4, -0.2) is 24.5 Å². The molecule has 5 nitrogen and oxygen atoms in total. The number of fused-ring (bicyclic) bond motifs is 1. The number of benzene rings is 2. The zero-order valence-corrected chi connectivity index (χ0v) is 15.0. The molecule has 0 radical (unpaired) electrons. The topological polar surface area (TPSA) is 71.2 Å². The lowest BCUT2D eigenvalue weighted by Gasteiger charge is -2.07. The van der Waals surface area contributed by atoms with Crippen LogP contribution in [0.15, 0.2) is 53.3 Å². The SMILES string of the molecule is COc1ccc2cc(CCNC(=O)Cc3ccc(C)cc3)c(=O)[nH]c2c1. The first-order valence-corrected chi connectivity index (χ1v) is 8.57. The van der Waals surface area contributed by atoms with Crippen LogP contribution in [0.5, 0.6) is 5.75 Å². The molecule has 2 aromatic carbocycles. The van der Waals surface area contributed by atoms with E-state index < -0.39 is 0 Å². The quantitative estimate of drug-likeness (QED) is 0.718. The van der Waals surface area contributed by atoms with Crippen LogP contribution in [0.25, 0.3) is 10.9 Å². The summed E-state index contributed by atoms with van der Waals surface area (Å²) in [5, 5.41) is 3.81. The number of carbonyl (C=O) groups is 1. The summed E-state index contributed by atoms with van der Waals surface area (Å²) in [5.74, 6) is 0.653. The van der Waals surface area contributed by atoms with E-state index in [0.29, 0.717) is 30.7 Å². The number of nitrogens with one attached hydrogen (secondary N) is 2. The molecule has 134 valence electrons. The van der Waals surface area contributed by atoms with Crippen molar-refractivity contribution in [3.8, 4) is 5.75 Å². The number of aromatic nitrogens is 1. The molecule has 1 heterocycles. The van der Waals surface area contributed by atoms with Crippen molar-refractivity contribution in [1.82, 2.24) is 10.3 Å². The molecule has 26 heavy (non-hydrogen) atoms. The summed E-state index contributed by atoms with van der Waals surface area (Å²) in [4.78, 5) is 27.1. The molecule has 0 saturated heterocycles. The molecule has 0 atom stereocenters. The Bertz CT molecular complexity index is 975. The molecule has 0 aliphatic rings. The summed E-state index contributed by atoms with van der Waals surface area (Å²) in [6.07, 6.45) is 0.824. The van der Waals surface area contributed by atoms with Crippen LogP contribution in [0, 0.1) is 6.92 Å². The highest BCUT2D eigenvalue weighted by Gasteiger charge is 2.06. The smallest absolute Gasteiger partial charge is 0.251 e. The number of ether oxygens (including phenoxy) is 1. The Labute approximate surface area is 152 Å². The first-order chi connectivity index (χ1) is 12.5. The number of aromatic amines is 1. The molecule has 2 N–H and O–H groups in total. The first-order valence-electron chi connectivity index (χ1n) is 8.57. The van der Waals surface area contributed by atoms with Gasteiger partial charge in [0.05, 0.1) is 19.0 Å². The summed E-state index contributed by atoms with van der Waals surface area (Å²) in [5.41, 5.74) is 3.39. The zero-order chi connectivity index (χ0) is 18.5. The molecular weight excluding hydrogens is 328 g/mol. The molecular formula is C21H22N2O3. The summed E-state index contributed by atoms with van der Waals surface area (Å²) >= 11 is 0. The average molecular weight is 350 g/mol. The number of methoxy groups -OCH3 is 1. The van der Waals surface area contributed by atoms with Gasteiger partial charge in [-0.3, -0.25) is 9.59 Å². The Kier molecular flexibility index (Phi) is 5.37. The first kappa shape index (κ1) is 17.7. The monoisotopic (exact) mass is 350 g/mol. The van der Waals surface area contributed by atoms with Crippen LogP contribution in [-0.2, 0) is 17.6 Å². The Morgan fingerprint density at radius 3 is 2.62 bits per heavy atom. The van der Waals surface area contributed by atoms with Crippen LogP contribution in [0.4, 0.5) is 0 Å².